The van der Waals surface area contributed by atoms with Gasteiger partial charge in [0.25, 0.3) is 0 Å². The highest BCUT2D eigenvalue weighted by molar-refractivity contribution is 5.07. The van der Waals surface area contributed by atoms with Crippen molar-refractivity contribution < 1.29 is 0 Å². The maximum Gasteiger partial charge on any atom is 0.0492 e. The van der Waals surface area contributed by atoms with Crippen LogP contribution in [0.1, 0.15) is 31.4 Å². The Bertz CT molecular complexity index is 352. The van der Waals surface area contributed by atoms with Gasteiger partial charge in [-0.15, -0.1) is 0 Å². The zero-order valence-corrected chi connectivity index (χ0v) is 10.1. The number of rotatable bonds is 6. The van der Waals surface area contributed by atoms with E-state index in [9.17, 15) is 0 Å². The van der Waals surface area contributed by atoms with E-state index >= 15 is 0 Å². The van der Waals surface area contributed by atoms with Crippen molar-refractivity contribution in [3.05, 3.63) is 29.6 Å². The summed E-state index contributed by atoms with van der Waals surface area (Å²) in [6.45, 7) is 2.16. The number of nitrogens with zero attached hydrogens (tertiary/aromatic N) is 2. The summed E-state index contributed by atoms with van der Waals surface area (Å²) in [5.41, 5.74) is 2.95. The van der Waals surface area contributed by atoms with E-state index in [1.807, 2.05) is 17.9 Å². The minimum absolute atomic E-state index is 1.05. The number of aryl methyl sites for hydroxylation is 1. The Morgan fingerprint density at radius 3 is 2.94 bits per heavy atom. The van der Waals surface area contributed by atoms with Gasteiger partial charge in [0.2, 0.25) is 0 Å². The first-order valence-corrected chi connectivity index (χ1v) is 6.22. The second kappa shape index (κ2) is 5.85. The molecule has 1 aliphatic carbocycles. The standard InChI is InChI=1S/C13H21N3/c1-16-13(8-11-15-16)7-10-14-9-6-12-4-2-3-5-12/h4,8,11,14H,2-3,5-7,9-10H2,1H3. The molecule has 0 amide bonds. The number of aromatic nitrogens is 2. The molecule has 0 saturated heterocycles. The predicted molar refractivity (Wildman–Crippen MR) is 66.3 cm³/mol. The molecule has 1 N–H and O–H groups in total. The summed E-state index contributed by atoms with van der Waals surface area (Å²) in [7, 11) is 2.00. The van der Waals surface area contributed by atoms with E-state index in [1.165, 1.54) is 31.4 Å². The van der Waals surface area contributed by atoms with Gasteiger partial charge in [-0.05, 0) is 38.3 Å². The summed E-state index contributed by atoms with van der Waals surface area (Å²) in [4.78, 5) is 0. The summed E-state index contributed by atoms with van der Waals surface area (Å²) in [6, 6.07) is 2.08. The molecule has 1 aromatic heterocycles. The van der Waals surface area contributed by atoms with Gasteiger partial charge in [-0.2, -0.15) is 5.10 Å². The fraction of sp³-hybridized carbons (Fsp3) is 0.615. The molecule has 88 valence electrons. The summed E-state index contributed by atoms with van der Waals surface area (Å²) < 4.78 is 1.95. The largest absolute Gasteiger partial charge is 0.316 e. The van der Waals surface area contributed by atoms with Gasteiger partial charge in [-0.25, -0.2) is 0 Å². The first kappa shape index (κ1) is 11.4. The van der Waals surface area contributed by atoms with Gasteiger partial charge >= 0.3 is 0 Å². The summed E-state index contributed by atoms with van der Waals surface area (Å²) in [5.74, 6) is 0. The van der Waals surface area contributed by atoms with Gasteiger partial charge in [-0.1, -0.05) is 11.6 Å². The van der Waals surface area contributed by atoms with Crippen molar-refractivity contribution in [3.8, 4) is 0 Å². The van der Waals surface area contributed by atoms with Crippen LogP contribution in [0.5, 0.6) is 0 Å². The monoisotopic (exact) mass is 219 g/mol. The van der Waals surface area contributed by atoms with E-state index in [4.69, 9.17) is 0 Å². The summed E-state index contributed by atoms with van der Waals surface area (Å²) in [5, 5.41) is 7.65. The smallest absolute Gasteiger partial charge is 0.0492 e. The molecule has 0 aromatic carbocycles. The summed E-state index contributed by atoms with van der Waals surface area (Å²) >= 11 is 0. The zero-order valence-electron chi connectivity index (χ0n) is 10.1. The van der Waals surface area contributed by atoms with Crippen molar-refractivity contribution in [2.45, 2.75) is 32.1 Å². The lowest BCUT2D eigenvalue weighted by Gasteiger charge is -2.05. The highest BCUT2D eigenvalue weighted by Crippen LogP contribution is 2.19. The van der Waals surface area contributed by atoms with Crippen LogP contribution in [0.25, 0.3) is 0 Å². The lowest BCUT2D eigenvalue weighted by molar-refractivity contribution is 0.637. The number of hydrogen-bond donors (Lipinski definition) is 1. The highest BCUT2D eigenvalue weighted by Gasteiger charge is 2.03. The third-order valence-corrected chi connectivity index (χ3v) is 3.24. The van der Waals surface area contributed by atoms with Crippen LogP contribution in [-0.2, 0) is 13.5 Å². The molecule has 3 nitrogen and oxygen atoms in total. The van der Waals surface area contributed by atoms with Gasteiger partial charge in [0.05, 0.1) is 0 Å². The Hall–Kier alpha value is -1.09. The topological polar surface area (TPSA) is 29.9 Å². The number of nitrogens with one attached hydrogen (secondary N) is 1. The van der Waals surface area contributed by atoms with Crippen molar-refractivity contribution in [3.63, 3.8) is 0 Å². The van der Waals surface area contributed by atoms with Crippen LogP contribution < -0.4 is 5.32 Å². The first-order valence-electron chi connectivity index (χ1n) is 6.22. The van der Waals surface area contributed by atoms with E-state index in [-0.39, 0.29) is 0 Å². The van der Waals surface area contributed by atoms with Gasteiger partial charge < -0.3 is 5.32 Å². The third-order valence-electron chi connectivity index (χ3n) is 3.24. The molecule has 0 radical (unpaired) electrons. The normalized spacial score (nSPS) is 15.4. The Kier molecular flexibility index (Phi) is 4.17. The molecular formula is C13H21N3. The van der Waals surface area contributed by atoms with Crippen LogP contribution >= 0.6 is 0 Å². The lowest BCUT2D eigenvalue weighted by Crippen LogP contribution is -2.19. The van der Waals surface area contributed by atoms with Crippen LogP contribution in [0, 0.1) is 0 Å². The van der Waals surface area contributed by atoms with Gasteiger partial charge in [0.1, 0.15) is 0 Å². The maximum atomic E-state index is 4.16. The maximum absolute atomic E-state index is 4.16. The molecule has 0 aliphatic heterocycles. The predicted octanol–water partition coefficient (Wildman–Crippen LogP) is 2.05. The molecule has 0 atom stereocenters. The Morgan fingerprint density at radius 2 is 2.25 bits per heavy atom. The second-order valence-electron chi connectivity index (χ2n) is 4.45. The number of hydrogen-bond acceptors (Lipinski definition) is 2. The average molecular weight is 219 g/mol. The van der Waals surface area contributed by atoms with Crippen molar-refractivity contribution in [2.24, 2.45) is 7.05 Å². The third kappa shape index (κ3) is 3.20. The molecule has 1 aliphatic rings. The fourth-order valence-corrected chi connectivity index (χ4v) is 2.20. The minimum Gasteiger partial charge on any atom is -0.316 e. The number of allylic oxidation sites excluding steroid dienone is 1. The molecule has 16 heavy (non-hydrogen) atoms. The molecule has 2 rings (SSSR count). The second-order valence-corrected chi connectivity index (χ2v) is 4.45. The first-order chi connectivity index (χ1) is 7.86. The van der Waals surface area contributed by atoms with E-state index in [0.717, 1.165) is 19.5 Å². The lowest BCUT2D eigenvalue weighted by atomic mass is 10.2. The van der Waals surface area contributed by atoms with Crippen molar-refractivity contribution in [1.29, 1.82) is 0 Å². The van der Waals surface area contributed by atoms with E-state index in [2.05, 4.69) is 22.6 Å². The minimum atomic E-state index is 1.05. The van der Waals surface area contributed by atoms with Crippen LogP contribution in [-0.4, -0.2) is 22.9 Å². The molecule has 0 saturated carbocycles. The Labute approximate surface area is 97.5 Å². The van der Waals surface area contributed by atoms with Crippen molar-refractivity contribution in [2.75, 3.05) is 13.1 Å². The van der Waals surface area contributed by atoms with Crippen LogP contribution in [0.2, 0.25) is 0 Å². The zero-order chi connectivity index (χ0) is 11.2. The molecule has 0 bridgehead atoms. The van der Waals surface area contributed by atoms with E-state index in [0.29, 0.717) is 0 Å². The molecular weight excluding hydrogens is 198 g/mol. The fourth-order valence-electron chi connectivity index (χ4n) is 2.20. The average Bonchev–Trinajstić information content (AvgIpc) is 2.90. The van der Waals surface area contributed by atoms with E-state index in [1.54, 1.807) is 5.57 Å². The van der Waals surface area contributed by atoms with Crippen molar-refractivity contribution >= 4 is 0 Å². The quantitative estimate of drug-likeness (QED) is 0.586. The molecule has 1 aromatic rings. The molecule has 0 fully saturated rings. The van der Waals surface area contributed by atoms with Crippen LogP contribution in [0.4, 0.5) is 0 Å². The highest BCUT2D eigenvalue weighted by atomic mass is 15.3. The Morgan fingerprint density at radius 1 is 1.38 bits per heavy atom. The van der Waals surface area contributed by atoms with Gasteiger partial charge in [0.15, 0.2) is 0 Å². The molecule has 0 unspecified atom stereocenters. The molecule has 0 spiro atoms. The van der Waals surface area contributed by atoms with Gasteiger partial charge in [0, 0.05) is 31.9 Å². The SMILES string of the molecule is Cn1nccc1CCNCCC1=CCCC1. The van der Waals surface area contributed by atoms with Crippen LogP contribution in [0.3, 0.4) is 0 Å². The molecule has 3 heteroatoms. The van der Waals surface area contributed by atoms with Crippen molar-refractivity contribution in [1.82, 2.24) is 15.1 Å². The van der Waals surface area contributed by atoms with Crippen LogP contribution in [0.15, 0.2) is 23.9 Å². The summed E-state index contributed by atoms with van der Waals surface area (Å²) in [6.07, 6.45) is 10.5. The van der Waals surface area contributed by atoms with Gasteiger partial charge in [-0.3, -0.25) is 4.68 Å². The Balaban J connectivity index is 1.57. The van der Waals surface area contributed by atoms with E-state index < -0.39 is 0 Å². The molecule has 1 heterocycles.